The van der Waals surface area contributed by atoms with Crippen LogP contribution >= 0.6 is 0 Å². The van der Waals surface area contributed by atoms with Gasteiger partial charge in [-0.25, -0.2) is 4.39 Å². The molecule has 3 nitrogen and oxygen atoms in total. The molecule has 0 aliphatic carbocycles. The second kappa shape index (κ2) is 6.12. The monoisotopic (exact) mass is 247 g/mol. The van der Waals surface area contributed by atoms with Gasteiger partial charge in [0.1, 0.15) is 0 Å². The third kappa shape index (κ3) is 3.28. The Labute approximate surface area is 105 Å². The Kier molecular flexibility index (Phi) is 4.25. The second-order valence-corrected chi connectivity index (χ2v) is 3.84. The fraction of sp³-hybridized carbons (Fsp3) is 0.214. The molecule has 18 heavy (non-hydrogen) atoms. The van der Waals surface area contributed by atoms with Crippen LogP contribution in [0.4, 0.5) is 4.39 Å². The first-order valence-electron chi connectivity index (χ1n) is 5.71. The molecule has 0 atom stereocenters. The zero-order valence-corrected chi connectivity index (χ0v) is 9.84. The number of benzene rings is 1. The van der Waals surface area contributed by atoms with Crippen LogP contribution in [0.2, 0.25) is 0 Å². The number of pyridine rings is 1. The molecule has 94 valence electrons. The predicted octanol–water partition coefficient (Wildman–Crippen LogP) is 2.33. The number of aliphatic hydroxyl groups excluding tert-OH is 1. The molecule has 4 heteroatoms. The molecule has 1 heterocycles. The summed E-state index contributed by atoms with van der Waals surface area (Å²) in [5, 5.41) is 8.86. The molecule has 0 aliphatic rings. The first-order valence-corrected chi connectivity index (χ1v) is 5.71. The lowest BCUT2D eigenvalue weighted by Gasteiger charge is -2.07. The van der Waals surface area contributed by atoms with Gasteiger partial charge in [-0.1, -0.05) is 12.1 Å². The van der Waals surface area contributed by atoms with Crippen LogP contribution in [0.1, 0.15) is 11.3 Å². The zero-order chi connectivity index (χ0) is 12.8. The van der Waals surface area contributed by atoms with Gasteiger partial charge in [0.15, 0.2) is 11.6 Å². The molecule has 1 N–H and O–H groups in total. The maximum absolute atomic E-state index is 13.5. The van der Waals surface area contributed by atoms with Gasteiger partial charge in [-0.3, -0.25) is 4.98 Å². The summed E-state index contributed by atoms with van der Waals surface area (Å²) in [5.74, 6) is -0.259. The van der Waals surface area contributed by atoms with Crippen LogP contribution in [0.25, 0.3) is 0 Å². The molecule has 0 amide bonds. The Morgan fingerprint density at radius 1 is 1.22 bits per heavy atom. The van der Waals surface area contributed by atoms with Crippen LogP contribution < -0.4 is 4.74 Å². The average Bonchev–Trinajstić information content (AvgIpc) is 2.42. The Bertz CT molecular complexity index is 502. The van der Waals surface area contributed by atoms with E-state index in [9.17, 15) is 4.39 Å². The van der Waals surface area contributed by atoms with Crippen molar-refractivity contribution >= 4 is 0 Å². The van der Waals surface area contributed by atoms with Gasteiger partial charge in [0.25, 0.3) is 0 Å². The molecule has 0 unspecified atom stereocenters. The van der Waals surface area contributed by atoms with Crippen molar-refractivity contribution in [3.05, 3.63) is 59.7 Å². The minimum Gasteiger partial charge on any atom is -0.490 e. The highest BCUT2D eigenvalue weighted by Crippen LogP contribution is 2.18. The minimum atomic E-state index is -0.456. The SMILES string of the molecule is OCc1ccc(OCCc2ccccn2)c(F)c1. The van der Waals surface area contributed by atoms with Crippen molar-refractivity contribution < 1.29 is 14.2 Å². The number of nitrogens with zero attached hydrogens (tertiary/aromatic N) is 1. The summed E-state index contributed by atoms with van der Waals surface area (Å²) >= 11 is 0. The van der Waals surface area contributed by atoms with Gasteiger partial charge in [-0.15, -0.1) is 0 Å². The standard InChI is InChI=1S/C14H14FNO2/c15-13-9-11(10-17)4-5-14(13)18-8-6-12-3-1-2-7-16-12/h1-5,7,9,17H,6,8,10H2. The lowest BCUT2D eigenvalue weighted by atomic mass is 10.2. The number of hydrogen-bond donors (Lipinski definition) is 1. The molecular formula is C14H14FNO2. The van der Waals surface area contributed by atoms with E-state index in [-0.39, 0.29) is 12.4 Å². The summed E-state index contributed by atoms with van der Waals surface area (Å²) in [6, 6.07) is 10.1. The quantitative estimate of drug-likeness (QED) is 0.881. The van der Waals surface area contributed by atoms with Gasteiger partial charge in [0.2, 0.25) is 0 Å². The van der Waals surface area contributed by atoms with E-state index in [1.54, 1.807) is 12.3 Å². The van der Waals surface area contributed by atoms with Gasteiger partial charge in [0, 0.05) is 18.3 Å². The van der Waals surface area contributed by atoms with Crippen LogP contribution in [-0.2, 0) is 13.0 Å². The normalized spacial score (nSPS) is 10.3. The van der Waals surface area contributed by atoms with E-state index >= 15 is 0 Å². The fourth-order valence-corrected chi connectivity index (χ4v) is 1.57. The summed E-state index contributed by atoms with van der Waals surface area (Å²) in [7, 11) is 0. The van der Waals surface area contributed by atoms with Crippen LogP contribution in [0.5, 0.6) is 5.75 Å². The van der Waals surface area contributed by atoms with E-state index in [0.29, 0.717) is 18.6 Å². The topological polar surface area (TPSA) is 42.4 Å². The molecule has 2 rings (SSSR count). The molecule has 0 aliphatic heterocycles. The molecule has 2 aromatic rings. The first-order chi connectivity index (χ1) is 8.79. The Morgan fingerprint density at radius 3 is 2.78 bits per heavy atom. The van der Waals surface area contributed by atoms with Crippen molar-refractivity contribution in [1.29, 1.82) is 0 Å². The zero-order valence-electron chi connectivity index (χ0n) is 9.84. The predicted molar refractivity (Wildman–Crippen MR) is 65.8 cm³/mol. The van der Waals surface area contributed by atoms with E-state index in [1.165, 1.54) is 12.1 Å². The van der Waals surface area contributed by atoms with Crippen molar-refractivity contribution in [3.63, 3.8) is 0 Å². The largest absolute Gasteiger partial charge is 0.490 e. The maximum Gasteiger partial charge on any atom is 0.165 e. The van der Waals surface area contributed by atoms with Crippen molar-refractivity contribution in [2.45, 2.75) is 13.0 Å². The number of aliphatic hydroxyl groups is 1. The molecule has 0 bridgehead atoms. The van der Waals surface area contributed by atoms with Crippen LogP contribution in [0.3, 0.4) is 0 Å². The first kappa shape index (κ1) is 12.5. The Hall–Kier alpha value is -1.94. The smallest absolute Gasteiger partial charge is 0.165 e. The molecule has 0 saturated heterocycles. The van der Waals surface area contributed by atoms with Crippen LogP contribution in [0, 0.1) is 5.82 Å². The summed E-state index contributed by atoms with van der Waals surface area (Å²) < 4.78 is 18.9. The van der Waals surface area contributed by atoms with Crippen molar-refractivity contribution in [3.8, 4) is 5.75 Å². The van der Waals surface area contributed by atoms with E-state index < -0.39 is 5.82 Å². The number of aromatic nitrogens is 1. The number of rotatable bonds is 5. The number of hydrogen-bond acceptors (Lipinski definition) is 3. The van der Waals surface area contributed by atoms with Crippen molar-refractivity contribution in [2.75, 3.05) is 6.61 Å². The van der Waals surface area contributed by atoms with Crippen molar-refractivity contribution in [2.24, 2.45) is 0 Å². The molecule has 0 saturated carbocycles. The lowest BCUT2D eigenvalue weighted by Crippen LogP contribution is -2.04. The summed E-state index contributed by atoms with van der Waals surface area (Å²) in [5.41, 5.74) is 1.44. The number of ether oxygens (including phenoxy) is 1. The highest BCUT2D eigenvalue weighted by Gasteiger charge is 2.04. The van der Waals surface area contributed by atoms with Gasteiger partial charge in [-0.05, 0) is 29.8 Å². The summed E-state index contributed by atoms with van der Waals surface area (Å²) in [4.78, 5) is 4.15. The molecular weight excluding hydrogens is 233 g/mol. The van der Waals surface area contributed by atoms with Gasteiger partial charge >= 0.3 is 0 Å². The molecule has 1 aromatic heterocycles. The fourth-order valence-electron chi connectivity index (χ4n) is 1.57. The maximum atomic E-state index is 13.5. The Morgan fingerprint density at radius 2 is 2.11 bits per heavy atom. The molecule has 1 aromatic carbocycles. The molecule has 0 fully saturated rings. The van der Waals surface area contributed by atoms with Gasteiger partial charge < -0.3 is 9.84 Å². The van der Waals surface area contributed by atoms with Gasteiger partial charge in [-0.2, -0.15) is 0 Å². The van der Waals surface area contributed by atoms with E-state index in [0.717, 1.165) is 5.69 Å². The van der Waals surface area contributed by atoms with E-state index in [1.807, 2.05) is 18.2 Å². The second-order valence-electron chi connectivity index (χ2n) is 3.84. The third-order valence-electron chi connectivity index (χ3n) is 2.52. The number of halogens is 1. The molecule has 0 radical (unpaired) electrons. The highest BCUT2D eigenvalue weighted by molar-refractivity contribution is 5.29. The summed E-state index contributed by atoms with van der Waals surface area (Å²) in [6.45, 7) is 0.192. The van der Waals surface area contributed by atoms with Crippen LogP contribution in [0.15, 0.2) is 42.6 Å². The Balaban J connectivity index is 1.91. The van der Waals surface area contributed by atoms with Crippen molar-refractivity contribution in [1.82, 2.24) is 4.98 Å². The molecule has 0 spiro atoms. The summed E-state index contributed by atoms with van der Waals surface area (Å²) in [6.07, 6.45) is 2.34. The van der Waals surface area contributed by atoms with E-state index in [2.05, 4.69) is 4.98 Å². The van der Waals surface area contributed by atoms with Gasteiger partial charge in [0.05, 0.1) is 13.2 Å². The average molecular weight is 247 g/mol. The van der Waals surface area contributed by atoms with E-state index in [4.69, 9.17) is 9.84 Å². The lowest BCUT2D eigenvalue weighted by molar-refractivity contribution is 0.279. The minimum absolute atomic E-state index is 0.175. The highest BCUT2D eigenvalue weighted by atomic mass is 19.1. The van der Waals surface area contributed by atoms with Crippen LogP contribution in [-0.4, -0.2) is 16.7 Å². The third-order valence-corrected chi connectivity index (χ3v) is 2.52.